The standard InChI is InChI=1S/C12H14N2O3/c1-15-3-2-12-13-8-6-10-11(7-9(8)14-12)17-5-4-16-10/h6-7H,2-5H2,1H3,(H,13,14). The zero-order valence-electron chi connectivity index (χ0n) is 9.66. The van der Waals surface area contributed by atoms with Gasteiger partial charge in [0.25, 0.3) is 0 Å². The number of benzene rings is 1. The molecule has 90 valence electrons. The van der Waals surface area contributed by atoms with Crippen LogP contribution in [0.3, 0.4) is 0 Å². The normalized spacial score (nSPS) is 14.2. The second kappa shape index (κ2) is 4.25. The lowest BCUT2D eigenvalue weighted by atomic mass is 10.2. The molecule has 1 aliphatic heterocycles. The largest absolute Gasteiger partial charge is 0.486 e. The molecular formula is C12H14N2O3. The third kappa shape index (κ3) is 1.93. The molecule has 1 aromatic carbocycles. The number of hydrogen-bond donors (Lipinski definition) is 1. The van der Waals surface area contributed by atoms with E-state index < -0.39 is 0 Å². The molecule has 17 heavy (non-hydrogen) atoms. The fourth-order valence-corrected chi connectivity index (χ4v) is 1.92. The summed E-state index contributed by atoms with van der Waals surface area (Å²) >= 11 is 0. The lowest BCUT2D eigenvalue weighted by Crippen LogP contribution is -2.15. The van der Waals surface area contributed by atoms with E-state index in [9.17, 15) is 0 Å². The molecule has 0 amide bonds. The molecule has 1 aromatic heterocycles. The van der Waals surface area contributed by atoms with E-state index in [4.69, 9.17) is 14.2 Å². The maximum absolute atomic E-state index is 5.52. The Balaban J connectivity index is 1.98. The lowest BCUT2D eigenvalue weighted by molar-refractivity contribution is 0.172. The molecule has 0 fully saturated rings. The maximum atomic E-state index is 5.52. The van der Waals surface area contributed by atoms with Crippen LogP contribution in [0.4, 0.5) is 0 Å². The van der Waals surface area contributed by atoms with E-state index in [-0.39, 0.29) is 0 Å². The van der Waals surface area contributed by atoms with Crippen molar-refractivity contribution < 1.29 is 14.2 Å². The van der Waals surface area contributed by atoms with Crippen LogP contribution < -0.4 is 9.47 Å². The van der Waals surface area contributed by atoms with Crippen molar-refractivity contribution in [2.24, 2.45) is 0 Å². The van der Waals surface area contributed by atoms with Crippen LogP contribution >= 0.6 is 0 Å². The molecule has 0 unspecified atom stereocenters. The van der Waals surface area contributed by atoms with Crippen LogP contribution in [-0.2, 0) is 11.2 Å². The Bertz CT molecular complexity index is 493. The highest BCUT2D eigenvalue weighted by Crippen LogP contribution is 2.33. The minimum atomic E-state index is 0.597. The fourth-order valence-electron chi connectivity index (χ4n) is 1.92. The van der Waals surface area contributed by atoms with Gasteiger partial charge in [0.1, 0.15) is 19.0 Å². The summed E-state index contributed by atoms with van der Waals surface area (Å²) in [7, 11) is 1.68. The minimum absolute atomic E-state index is 0.597. The Morgan fingerprint density at radius 3 is 2.82 bits per heavy atom. The van der Waals surface area contributed by atoms with Gasteiger partial charge in [-0.05, 0) is 0 Å². The zero-order chi connectivity index (χ0) is 11.7. The molecule has 0 spiro atoms. The van der Waals surface area contributed by atoms with Crippen LogP contribution in [0.1, 0.15) is 5.82 Å². The van der Waals surface area contributed by atoms with Crippen molar-refractivity contribution in [3.8, 4) is 11.5 Å². The van der Waals surface area contributed by atoms with E-state index in [1.54, 1.807) is 7.11 Å². The molecule has 0 atom stereocenters. The molecule has 3 rings (SSSR count). The van der Waals surface area contributed by atoms with Crippen LogP contribution in [0.5, 0.6) is 11.5 Å². The molecule has 1 aliphatic rings. The molecule has 0 saturated heterocycles. The third-order valence-corrected chi connectivity index (χ3v) is 2.74. The highest BCUT2D eigenvalue weighted by atomic mass is 16.6. The minimum Gasteiger partial charge on any atom is -0.486 e. The van der Waals surface area contributed by atoms with Gasteiger partial charge in [-0.15, -0.1) is 0 Å². The van der Waals surface area contributed by atoms with Crippen LogP contribution in [0, 0.1) is 0 Å². The average Bonchev–Trinajstić information content (AvgIpc) is 2.75. The van der Waals surface area contributed by atoms with Gasteiger partial charge < -0.3 is 19.2 Å². The first-order valence-electron chi connectivity index (χ1n) is 5.64. The van der Waals surface area contributed by atoms with Gasteiger partial charge in [-0.25, -0.2) is 4.98 Å². The van der Waals surface area contributed by atoms with Gasteiger partial charge in [-0.1, -0.05) is 0 Å². The summed E-state index contributed by atoms with van der Waals surface area (Å²) in [5.74, 6) is 2.48. The Hall–Kier alpha value is -1.75. The zero-order valence-corrected chi connectivity index (χ0v) is 9.66. The van der Waals surface area contributed by atoms with Crippen LogP contribution in [-0.4, -0.2) is 36.9 Å². The molecular weight excluding hydrogens is 220 g/mol. The predicted octanol–water partition coefficient (Wildman–Crippen LogP) is 1.52. The molecule has 2 heterocycles. The number of hydrogen-bond acceptors (Lipinski definition) is 4. The SMILES string of the molecule is COCCc1nc2cc3c(cc2[nH]1)OCCO3. The second-order valence-electron chi connectivity index (χ2n) is 3.94. The van der Waals surface area contributed by atoms with Crippen molar-refractivity contribution in [1.29, 1.82) is 0 Å². The number of H-pyrrole nitrogens is 1. The summed E-state index contributed by atoms with van der Waals surface area (Å²) in [6, 6.07) is 3.85. The molecule has 0 aliphatic carbocycles. The molecule has 1 N–H and O–H groups in total. The Kier molecular flexibility index (Phi) is 2.60. The third-order valence-electron chi connectivity index (χ3n) is 2.74. The Morgan fingerprint density at radius 2 is 2.06 bits per heavy atom. The monoisotopic (exact) mass is 234 g/mol. The topological polar surface area (TPSA) is 56.4 Å². The molecule has 5 nitrogen and oxygen atoms in total. The Morgan fingerprint density at radius 1 is 1.29 bits per heavy atom. The van der Waals surface area contributed by atoms with Crippen LogP contribution in [0.25, 0.3) is 11.0 Å². The van der Waals surface area contributed by atoms with Gasteiger partial charge in [0, 0.05) is 25.7 Å². The van der Waals surface area contributed by atoms with E-state index in [1.165, 1.54) is 0 Å². The van der Waals surface area contributed by atoms with E-state index >= 15 is 0 Å². The van der Waals surface area contributed by atoms with Gasteiger partial charge in [-0.3, -0.25) is 0 Å². The van der Waals surface area contributed by atoms with Gasteiger partial charge in [0.05, 0.1) is 17.6 Å². The first kappa shape index (κ1) is 10.4. The van der Waals surface area contributed by atoms with Crippen molar-refractivity contribution in [1.82, 2.24) is 9.97 Å². The van der Waals surface area contributed by atoms with Crippen molar-refractivity contribution in [2.75, 3.05) is 26.9 Å². The van der Waals surface area contributed by atoms with Gasteiger partial charge in [-0.2, -0.15) is 0 Å². The molecule has 0 bridgehead atoms. The first-order chi connectivity index (χ1) is 8.36. The quantitative estimate of drug-likeness (QED) is 0.874. The van der Waals surface area contributed by atoms with E-state index in [0.29, 0.717) is 19.8 Å². The summed E-state index contributed by atoms with van der Waals surface area (Å²) in [6.45, 7) is 1.86. The second-order valence-corrected chi connectivity index (χ2v) is 3.94. The number of methoxy groups -OCH3 is 1. The van der Waals surface area contributed by atoms with Crippen molar-refractivity contribution >= 4 is 11.0 Å². The van der Waals surface area contributed by atoms with Crippen molar-refractivity contribution in [3.05, 3.63) is 18.0 Å². The van der Waals surface area contributed by atoms with Gasteiger partial charge >= 0.3 is 0 Å². The molecule has 0 saturated carbocycles. The molecule has 5 heteroatoms. The number of nitrogens with one attached hydrogen (secondary N) is 1. The van der Waals surface area contributed by atoms with E-state index in [0.717, 1.165) is 34.8 Å². The number of aromatic nitrogens is 2. The van der Waals surface area contributed by atoms with E-state index in [1.807, 2.05) is 12.1 Å². The van der Waals surface area contributed by atoms with Crippen molar-refractivity contribution in [3.63, 3.8) is 0 Å². The van der Waals surface area contributed by atoms with Crippen LogP contribution in [0.2, 0.25) is 0 Å². The van der Waals surface area contributed by atoms with Crippen molar-refractivity contribution in [2.45, 2.75) is 6.42 Å². The summed E-state index contributed by atoms with van der Waals surface area (Å²) in [6.07, 6.45) is 0.775. The van der Waals surface area contributed by atoms with Crippen LogP contribution in [0.15, 0.2) is 12.1 Å². The Labute approximate surface area is 98.7 Å². The smallest absolute Gasteiger partial charge is 0.163 e. The lowest BCUT2D eigenvalue weighted by Gasteiger charge is -2.17. The first-order valence-corrected chi connectivity index (χ1v) is 5.64. The van der Waals surface area contributed by atoms with Gasteiger partial charge in [0.2, 0.25) is 0 Å². The number of ether oxygens (including phenoxy) is 3. The maximum Gasteiger partial charge on any atom is 0.163 e. The highest BCUT2D eigenvalue weighted by molar-refractivity contribution is 5.79. The molecule has 0 radical (unpaired) electrons. The summed E-state index contributed by atoms with van der Waals surface area (Å²) in [5.41, 5.74) is 1.88. The highest BCUT2D eigenvalue weighted by Gasteiger charge is 2.14. The van der Waals surface area contributed by atoms with Gasteiger partial charge in [0.15, 0.2) is 11.5 Å². The number of fused-ring (bicyclic) bond motifs is 2. The number of nitrogens with zero attached hydrogens (tertiary/aromatic N) is 1. The number of rotatable bonds is 3. The summed E-state index contributed by atoms with van der Waals surface area (Å²) in [4.78, 5) is 7.74. The number of imidazole rings is 1. The fraction of sp³-hybridized carbons (Fsp3) is 0.417. The average molecular weight is 234 g/mol. The number of aromatic amines is 1. The van der Waals surface area contributed by atoms with E-state index in [2.05, 4.69) is 9.97 Å². The predicted molar refractivity (Wildman–Crippen MR) is 62.7 cm³/mol. The summed E-state index contributed by atoms with van der Waals surface area (Å²) < 4.78 is 16.1. The molecule has 2 aromatic rings. The summed E-state index contributed by atoms with van der Waals surface area (Å²) in [5, 5.41) is 0.